The molecule has 0 aliphatic heterocycles. The predicted octanol–water partition coefficient (Wildman–Crippen LogP) is 3.67. The lowest BCUT2D eigenvalue weighted by molar-refractivity contribution is 0.503. The molecule has 0 radical (unpaired) electrons. The van der Waals surface area contributed by atoms with Gasteiger partial charge in [-0.25, -0.2) is 0 Å². The summed E-state index contributed by atoms with van der Waals surface area (Å²) in [7, 11) is 0. The molecule has 2 heteroatoms. The van der Waals surface area contributed by atoms with Crippen molar-refractivity contribution in [3.8, 4) is 0 Å². The highest BCUT2D eigenvalue weighted by Crippen LogP contribution is 2.30. The maximum absolute atomic E-state index is 10.4. The molecule has 0 N–H and O–H groups in total. The van der Waals surface area contributed by atoms with Crippen LogP contribution < -0.4 is 0 Å². The van der Waals surface area contributed by atoms with E-state index in [0.717, 1.165) is 5.57 Å². The van der Waals surface area contributed by atoms with Gasteiger partial charge in [-0.3, -0.25) is 0 Å². The van der Waals surface area contributed by atoms with Crippen molar-refractivity contribution in [3.63, 3.8) is 0 Å². The highest BCUT2D eigenvalue weighted by Gasteiger charge is 2.19. The zero-order chi connectivity index (χ0) is 9.68. The van der Waals surface area contributed by atoms with Gasteiger partial charge < -0.3 is 0 Å². The van der Waals surface area contributed by atoms with E-state index in [1.807, 2.05) is 6.92 Å². The first-order valence-electron chi connectivity index (χ1n) is 5.27. The number of rotatable bonds is 3. The molecular weight excluding hydrogens is 162 g/mol. The van der Waals surface area contributed by atoms with Crippen LogP contribution in [0.1, 0.15) is 45.4 Å². The number of nitrogens with zero attached hydrogens (tertiary/aromatic N) is 1. The number of nitroso groups, excluding NO2 is 1. The Kier molecular flexibility index (Phi) is 4.13. The largest absolute Gasteiger partial charge is 0.150 e. The molecule has 0 heterocycles. The number of hydrogen-bond donors (Lipinski definition) is 0. The first-order chi connectivity index (χ1) is 6.25. The monoisotopic (exact) mass is 181 g/mol. The van der Waals surface area contributed by atoms with Crippen molar-refractivity contribution in [1.29, 1.82) is 0 Å². The van der Waals surface area contributed by atoms with Gasteiger partial charge >= 0.3 is 0 Å². The summed E-state index contributed by atoms with van der Waals surface area (Å²) in [5, 5.41) is 3.04. The molecule has 1 aliphatic carbocycles. The highest BCUT2D eigenvalue weighted by molar-refractivity contribution is 5.08. The molecule has 74 valence electrons. The summed E-state index contributed by atoms with van der Waals surface area (Å²) < 4.78 is 0. The molecule has 1 rings (SSSR count). The van der Waals surface area contributed by atoms with Gasteiger partial charge in [-0.2, -0.15) is 4.91 Å². The van der Waals surface area contributed by atoms with E-state index >= 15 is 0 Å². The van der Waals surface area contributed by atoms with Crippen LogP contribution in [0.3, 0.4) is 0 Å². The average molecular weight is 181 g/mol. The quantitative estimate of drug-likeness (QED) is 0.371. The van der Waals surface area contributed by atoms with Crippen LogP contribution in [0.2, 0.25) is 0 Å². The van der Waals surface area contributed by atoms with Gasteiger partial charge in [0, 0.05) is 0 Å². The van der Waals surface area contributed by atoms with E-state index in [2.05, 4.69) is 11.8 Å². The lowest BCUT2D eigenvalue weighted by Crippen LogP contribution is -2.11. The van der Waals surface area contributed by atoms with E-state index in [0.29, 0.717) is 5.92 Å². The zero-order valence-corrected chi connectivity index (χ0v) is 8.46. The van der Waals surface area contributed by atoms with Crippen molar-refractivity contribution in [2.24, 2.45) is 11.1 Å². The third-order valence-electron chi connectivity index (χ3n) is 3.07. The minimum absolute atomic E-state index is 0.192. The Labute approximate surface area is 80.4 Å². The Morgan fingerprint density at radius 2 is 1.85 bits per heavy atom. The molecular formula is C11H19NO. The maximum atomic E-state index is 10.4. The lowest BCUT2D eigenvalue weighted by atomic mass is 9.89. The van der Waals surface area contributed by atoms with E-state index in [-0.39, 0.29) is 6.04 Å². The smallest absolute Gasteiger partial charge is 0.110 e. The third kappa shape index (κ3) is 2.94. The van der Waals surface area contributed by atoms with Crippen molar-refractivity contribution in [2.75, 3.05) is 0 Å². The van der Waals surface area contributed by atoms with Crippen molar-refractivity contribution in [3.05, 3.63) is 17.1 Å². The summed E-state index contributed by atoms with van der Waals surface area (Å²) in [6.07, 6.45) is 7.67. The van der Waals surface area contributed by atoms with Gasteiger partial charge in [-0.05, 0) is 31.3 Å². The van der Waals surface area contributed by atoms with Crippen LogP contribution >= 0.6 is 0 Å². The second-order valence-electron chi connectivity index (χ2n) is 4.04. The van der Waals surface area contributed by atoms with Gasteiger partial charge in [0.2, 0.25) is 0 Å². The van der Waals surface area contributed by atoms with Crippen LogP contribution in [-0.2, 0) is 0 Å². The van der Waals surface area contributed by atoms with Gasteiger partial charge in [0.25, 0.3) is 0 Å². The van der Waals surface area contributed by atoms with E-state index in [4.69, 9.17) is 0 Å². The first-order valence-corrected chi connectivity index (χ1v) is 5.27. The summed E-state index contributed by atoms with van der Waals surface area (Å²) in [5.74, 6) is 0.551. The Balaban J connectivity index is 2.48. The topological polar surface area (TPSA) is 29.4 Å². The van der Waals surface area contributed by atoms with Crippen molar-refractivity contribution in [2.45, 2.75) is 51.5 Å². The van der Waals surface area contributed by atoms with Crippen LogP contribution in [0.4, 0.5) is 0 Å². The normalized spacial score (nSPS) is 21.9. The molecule has 0 amide bonds. The van der Waals surface area contributed by atoms with Crippen molar-refractivity contribution >= 4 is 0 Å². The molecule has 0 aromatic carbocycles. The molecule has 2 nitrogen and oxygen atoms in total. The summed E-state index contributed by atoms with van der Waals surface area (Å²) in [4.78, 5) is 10.4. The highest BCUT2D eigenvalue weighted by atomic mass is 16.3. The van der Waals surface area contributed by atoms with Gasteiger partial charge in [-0.15, -0.1) is 0 Å². The molecule has 1 fully saturated rings. The molecule has 13 heavy (non-hydrogen) atoms. The summed E-state index contributed by atoms with van der Waals surface area (Å²) in [6.45, 7) is 5.84. The maximum Gasteiger partial charge on any atom is 0.110 e. The minimum Gasteiger partial charge on any atom is -0.150 e. The Bertz CT molecular complexity index is 181. The van der Waals surface area contributed by atoms with Crippen LogP contribution in [0.5, 0.6) is 0 Å². The summed E-state index contributed by atoms with van der Waals surface area (Å²) >= 11 is 0. The predicted molar refractivity (Wildman–Crippen MR) is 55.6 cm³/mol. The lowest BCUT2D eigenvalue weighted by Gasteiger charge is -2.18. The third-order valence-corrected chi connectivity index (χ3v) is 3.07. The first kappa shape index (κ1) is 10.4. The van der Waals surface area contributed by atoms with Crippen LogP contribution in [0.15, 0.2) is 17.3 Å². The fourth-order valence-corrected chi connectivity index (χ4v) is 2.06. The van der Waals surface area contributed by atoms with Gasteiger partial charge in [0.05, 0.1) is 0 Å². The average Bonchev–Trinajstić information content (AvgIpc) is 2.43. The fraction of sp³-hybridized carbons (Fsp3) is 0.818. The standard InChI is InChI=1S/C11H19NO/c1-9(10(2)12-13)11-7-5-3-4-6-8-11/h10-11H,1,3-8H2,2H3. The van der Waals surface area contributed by atoms with E-state index in [1.165, 1.54) is 38.5 Å². The SMILES string of the molecule is C=C(C1CCCCCC1)C(C)N=O. The molecule has 1 saturated carbocycles. The minimum atomic E-state index is -0.192. The second-order valence-corrected chi connectivity index (χ2v) is 4.04. The molecule has 1 unspecified atom stereocenters. The molecule has 0 aromatic rings. The molecule has 1 atom stereocenters. The van der Waals surface area contributed by atoms with Crippen LogP contribution in [0, 0.1) is 10.8 Å². The van der Waals surface area contributed by atoms with Crippen LogP contribution in [-0.4, -0.2) is 6.04 Å². The molecule has 0 aromatic heterocycles. The van der Waals surface area contributed by atoms with Crippen LogP contribution in [0.25, 0.3) is 0 Å². The molecule has 0 spiro atoms. The Morgan fingerprint density at radius 1 is 1.31 bits per heavy atom. The van der Waals surface area contributed by atoms with Gasteiger partial charge in [0.1, 0.15) is 6.04 Å². The summed E-state index contributed by atoms with van der Waals surface area (Å²) in [5.41, 5.74) is 1.05. The summed E-state index contributed by atoms with van der Waals surface area (Å²) in [6, 6.07) is -0.192. The van der Waals surface area contributed by atoms with Crippen molar-refractivity contribution in [1.82, 2.24) is 0 Å². The number of hydrogen-bond acceptors (Lipinski definition) is 2. The van der Waals surface area contributed by atoms with Crippen molar-refractivity contribution < 1.29 is 0 Å². The molecule has 0 saturated heterocycles. The van der Waals surface area contributed by atoms with Gasteiger partial charge in [-0.1, -0.05) is 37.4 Å². The van der Waals surface area contributed by atoms with E-state index in [1.54, 1.807) is 0 Å². The Morgan fingerprint density at radius 3 is 2.31 bits per heavy atom. The molecule has 1 aliphatic rings. The fourth-order valence-electron chi connectivity index (χ4n) is 2.06. The Hall–Kier alpha value is -0.660. The second kappa shape index (κ2) is 5.15. The zero-order valence-electron chi connectivity index (χ0n) is 8.46. The van der Waals surface area contributed by atoms with E-state index in [9.17, 15) is 4.91 Å². The molecule has 0 bridgehead atoms. The van der Waals surface area contributed by atoms with Gasteiger partial charge in [0.15, 0.2) is 0 Å². The van der Waals surface area contributed by atoms with E-state index < -0.39 is 0 Å².